The van der Waals surface area contributed by atoms with E-state index in [1.54, 1.807) is 0 Å². The van der Waals surface area contributed by atoms with E-state index in [1.165, 1.54) is 18.5 Å². The number of aryl methyl sites for hydroxylation is 1. The quantitative estimate of drug-likeness (QED) is 0.756. The Kier molecular flexibility index (Phi) is 2.84. The molecule has 0 amide bonds. The monoisotopic (exact) mass is 194 g/mol. The number of rotatable bonds is 4. The van der Waals surface area contributed by atoms with Crippen LogP contribution in [0.5, 0.6) is 0 Å². The highest BCUT2D eigenvalue weighted by molar-refractivity contribution is 5.05. The lowest BCUT2D eigenvalue weighted by atomic mass is 10.0. The molecule has 1 aliphatic heterocycles. The van der Waals surface area contributed by atoms with E-state index in [0.717, 1.165) is 19.6 Å². The van der Waals surface area contributed by atoms with Gasteiger partial charge in [0.05, 0.1) is 6.20 Å². The Balaban J connectivity index is 1.90. The molecule has 2 N–H and O–H groups in total. The van der Waals surface area contributed by atoms with Gasteiger partial charge in [0.15, 0.2) is 0 Å². The zero-order chi connectivity index (χ0) is 9.97. The molecule has 1 aromatic heterocycles. The van der Waals surface area contributed by atoms with Gasteiger partial charge in [-0.2, -0.15) is 5.10 Å². The van der Waals surface area contributed by atoms with E-state index in [1.807, 2.05) is 10.9 Å². The van der Waals surface area contributed by atoms with Crippen molar-refractivity contribution in [2.45, 2.75) is 32.5 Å². The third kappa shape index (κ3) is 1.81. The molecule has 1 fully saturated rings. The van der Waals surface area contributed by atoms with E-state index >= 15 is 0 Å². The fourth-order valence-electron chi connectivity index (χ4n) is 1.86. The summed E-state index contributed by atoms with van der Waals surface area (Å²) in [7, 11) is 0. The number of nitrogens with two attached hydrogens (primary N) is 1. The molecule has 2 heterocycles. The van der Waals surface area contributed by atoms with Gasteiger partial charge in [0.2, 0.25) is 0 Å². The molecule has 1 atom stereocenters. The molecule has 2 rings (SSSR count). The first-order valence-electron chi connectivity index (χ1n) is 5.29. The van der Waals surface area contributed by atoms with Crippen molar-refractivity contribution in [3.05, 3.63) is 18.0 Å². The number of hydrogen-bond acceptors (Lipinski definition) is 3. The summed E-state index contributed by atoms with van der Waals surface area (Å²) in [4.78, 5) is 2.41. The van der Waals surface area contributed by atoms with Crippen molar-refractivity contribution in [3.63, 3.8) is 0 Å². The maximum Gasteiger partial charge on any atom is 0.0534 e. The second kappa shape index (κ2) is 4.11. The van der Waals surface area contributed by atoms with Crippen molar-refractivity contribution >= 4 is 0 Å². The number of hydrogen-bond donors (Lipinski definition) is 1. The molecule has 0 radical (unpaired) electrons. The molecule has 0 saturated carbocycles. The zero-order valence-corrected chi connectivity index (χ0v) is 8.69. The van der Waals surface area contributed by atoms with Crippen molar-refractivity contribution in [3.8, 4) is 0 Å². The summed E-state index contributed by atoms with van der Waals surface area (Å²) in [6.45, 7) is 6.01. The fourth-order valence-corrected chi connectivity index (χ4v) is 1.86. The second-order valence-electron chi connectivity index (χ2n) is 3.85. The first-order valence-corrected chi connectivity index (χ1v) is 5.29. The van der Waals surface area contributed by atoms with Crippen LogP contribution >= 0.6 is 0 Å². The van der Waals surface area contributed by atoms with Gasteiger partial charge >= 0.3 is 0 Å². The van der Waals surface area contributed by atoms with Crippen LogP contribution < -0.4 is 5.73 Å². The largest absolute Gasteiger partial charge is 0.329 e. The third-order valence-electron chi connectivity index (χ3n) is 2.93. The molecular weight excluding hydrogens is 176 g/mol. The highest BCUT2D eigenvalue weighted by atomic mass is 15.3. The molecule has 4 nitrogen and oxygen atoms in total. The molecule has 1 saturated heterocycles. The lowest BCUT2D eigenvalue weighted by Crippen LogP contribution is -2.50. The summed E-state index contributed by atoms with van der Waals surface area (Å²) < 4.78 is 1.96. The van der Waals surface area contributed by atoms with Crippen LogP contribution in [0, 0.1) is 0 Å². The average molecular weight is 194 g/mol. The van der Waals surface area contributed by atoms with Crippen molar-refractivity contribution in [1.82, 2.24) is 14.7 Å². The van der Waals surface area contributed by atoms with Crippen LogP contribution in [-0.2, 0) is 13.1 Å². The Hall–Kier alpha value is -0.870. The number of aromatic nitrogens is 2. The Morgan fingerprint density at radius 2 is 2.50 bits per heavy atom. The van der Waals surface area contributed by atoms with E-state index in [0.29, 0.717) is 6.04 Å². The standard InChI is InChI=1S/C10H18N4/c1-2-14-8-9(6-12-14)7-13-4-3-10(13)5-11/h6,8,10H,2-5,7,11H2,1H3. The Morgan fingerprint density at radius 1 is 1.64 bits per heavy atom. The van der Waals surface area contributed by atoms with Crippen LogP contribution in [0.1, 0.15) is 18.9 Å². The van der Waals surface area contributed by atoms with Crippen LogP contribution in [0.25, 0.3) is 0 Å². The van der Waals surface area contributed by atoms with Crippen LogP contribution in [0.3, 0.4) is 0 Å². The molecule has 1 aliphatic rings. The average Bonchev–Trinajstić information content (AvgIpc) is 2.61. The van der Waals surface area contributed by atoms with Gasteiger partial charge in [-0.05, 0) is 13.3 Å². The lowest BCUT2D eigenvalue weighted by molar-refractivity contribution is 0.0882. The molecule has 0 aromatic carbocycles. The highest BCUT2D eigenvalue weighted by Crippen LogP contribution is 2.18. The Morgan fingerprint density at radius 3 is 3.00 bits per heavy atom. The minimum Gasteiger partial charge on any atom is -0.329 e. The van der Waals surface area contributed by atoms with Crippen molar-refractivity contribution in [2.24, 2.45) is 5.73 Å². The summed E-state index contributed by atoms with van der Waals surface area (Å²) >= 11 is 0. The van der Waals surface area contributed by atoms with Gasteiger partial charge in [0, 0.05) is 44.0 Å². The van der Waals surface area contributed by atoms with Gasteiger partial charge in [-0.3, -0.25) is 9.58 Å². The third-order valence-corrected chi connectivity index (χ3v) is 2.93. The molecule has 0 bridgehead atoms. The lowest BCUT2D eigenvalue weighted by Gasteiger charge is -2.40. The smallest absolute Gasteiger partial charge is 0.0534 e. The van der Waals surface area contributed by atoms with Crippen LogP contribution in [0.2, 0.25) is 0 Å². The second-order valence-corrected chi connectivity index (χ2v) is 3.85. The van der Waals surface area contributed by atoms with Gasteiger partial charge < -0.3 is 5.73 Å². The summed E-state index contributed by atoms with van der Waals surface area (Å²) in [6.07, 6.45) is 5.32. The molecular formula is C10H18N4. The van der Waals surface area contributed by atoms with Gasteiger partial charge in [-0.25, -0.2) is 0 Å². The van der Waals surface area contributed by atoms with E-state index in [9.17, 15) is 0 Å². The zero-order valence-electron chi connectivity index (χ0n) is 8.69. The van der Waals surface area contributed by atoms with Gasteiger partial charge in [-0.1, -0.05) is 0 Å². The van der Waals surface area contributed by atoms with Gasteiger partial charge in [0.25, 0.3) is 0 Å². The minimum atomic E-state index is 0.597. The van der Waals surface area contributed by atoms with E-state index < -0.39 is 0 Å². The fraction of sp³-hybridized carbons (Fsp3) is 0.700. The maximum absolute atomic E-state index is 5.65. The SMILES string of the molecule is CCn1cc(CN2CCC2CN)cn1. The Bertz CT molecular complexity index is 292. The number of nitrogens with zero attached hydrogens (tertiary/aromatic N) is 3. The molecule has 1 aromatic rings. The predicted molar refractivity (Wildman–Crippen MR) is 55.8 cm³/mol. The topological polar surface area (TPSA) is 47.1 Å². The maximum atomic E-state index is 5.65. The van der Waals surface area contributed by atoms with Crippen LogP contribution in [0.15, 0.2) is 12.4 Å². The normalized spacial score (nSPS) is 22.3. The molecule has 78 valence electrons. The van der Waals surface area contributed by atoms with E-state index in [-0.39, 0.29) is 0 Å². The summed E-state index contributed by atoms with van der Waals surface area (Å²) in [6, 6.07) is 0.597. The molecule has 0 aliphatic carbocycles. The first-order chi connectivity index (χ1) is 6.83. The van der Waals surface area contributed by atoms with Crippen molar-refractivity contribution in [2.75, 3.05) is 13.1 Å². The van der Waals surface area contributed by atoms with E-state index in [4.69, 9.17) is 5.73 Å². The Labute approximate surface area is 84.7 Å². The summed E-state index contributed by atoms with van der Waals surface area (Å²) in [5.74, 6) is 0. The van der Waals surface area contributed by atoms with Gasteiger partial charge in [0.1, 0.15) is 0 Å². The first kappa shape index (κ1) is 9.68. The van der Waals surface area contributed by atoms with Crippen LogP contribution in [0.4, 0.5) is 0 Å². The number of likely N-dealkylation sites (tertiary alicyclic amines) is 1. The highest BCUT2D eigenvalue weighted by Gasteiger charge is 2.26. The van der Waals surface area contributed by atoms with Crippen molar-refractivity contribution < 1.29 is 0 Å². The molecule has 0 spiro atoms. The molecule has 4 heteroatoms. The predicted octanol–water partition coefficient (Wildman–Crippen LogP) is 0.436. The minimum absolute atomic E-state index is 0.597. The van der Waals surface area contributed by atoms with E-state index in [2.05, 4.69) is 23.1 Å². The molecule has 1 unspecified atom stereocenters. The summed E-state index contributed by atoms with van der Waals surface area (Å²) in [5, 5.41) is 4.26. The van der Waals surface area contributed by atoms with Crippen molar-refractivity contribution in [1.29, 1.82) is 0 Å². The van der Waals surface area contributed by atoms with Gasteiger partial charge in [-0.15, -0.1) is 0 Å². The van der Waals surface area contributed by atoms with Crippen LogP contribution in [-0.4, -0.2) is 33.8 Å². The summed E-state index contributed by atoms with van der Waals surface area (Å²) in [5.41, 5.74) is 6.94. The molecule has 14 heavy (non-hydrogen) atoms.